The second kappa shape index (κ2) is 4.57. The van der Waals surface area contributed by atoms with Crippen molar-refractivity contribution in [2.24, 2.45) is 0 Å². The van der Waals surface area contributed by atoms with Crippen molar-refractivity contribution >= 4 is 15.9 Å². The molecule has 5 heteroatoms. The number of ether oxygens (including phenoxy) is 2. The van der Waals surface area contributed by atoms with E-state index in [1.165, 1.54) is 0 Å². The largest absolute Gasteiger partial charge is 0.496 e. The van der Waals surface area contributed by atoms with Crippen molar-refractivity contribution in [3.8, 4) is 23.0 Å². The van der Waals surface area contributed by atoms with Crippen LogP contribution < -0.4 is 9.47 Å². The van der Waals surface area contributed by atoms with Gasteiger partial charge in [-0.3, -0.25) is 0 Å². The number of benzene rings is 1. The number of hydrogen-bond acceptors (Lipinski definition) is 3. The number of methoxy groups -OCH3 is 2. The second-order valence-corrected chi connectivity index (χ2v) is 4.01. The molecule has 0 aliphatic rings. The summed E-state index contributed by atoms with van der Waals surface area (Å²) in [6.45, 7) is 0. The monoisotopic (exact) mass is 282 g/mol. The first kappa shape index (κ1) is 11.0. The van der Waals surface area contributed by atoms with Gasteiger partial charge in [0, 0.05) is 5.56 Å². The van der Waals surface area contributed by atoms with E-state index in [-0.39, 0.29) is 0 Å². The summed E-state index contributed by atoms with van der Waals surface area (Å²) in [5.41, 5.74) is 1.92. The summed E-state index contributed by atoms with van der Waals surface area (Å²) in [6.07, 6.45) is 1.73. The van der Waals surface area contributed by atoms with E-state index < -0.39 is 0 Å². The van der Waals surface area contributed by atoms with Crippen LogP contribution in [0.25, 0.3) is 11.3 Å². The summed E-state index contributed by atoms with van der Waals surface area (Å²) in [4.78, 5) is 7.11. The van der Waals surface area contributed by atoms with Gasteiger partial charge in [0.2, 0.25) is 0 Å². The quantitative estimate of drug-likeness (QED) is 0.942. The molecule has 2 aromatic rings. The molecule has 1 heterocycles. The van der Waals surface area contributed by atoms with Gasteiger partial charge in [-0.15, -0.1) is 0 Å². The van der Waals surface area contributed by atoms with E-state index in [9.17, 15) is 0 Å². The zero-order valence-corrected chi connectivity index (χ0v) is 10.5. The Morgan fingerprint density at radius 3 is 2.62 bits per heavy atom. The van der Waals surface area contributed by atoms with Crippen LogP contribution in [0.3, 0.4) is 0 Å². The van der Waals surface area contributed by atoms with Gasteiger partial charge in [0.1, 0.15) is 5.75 Å². The molecular formula is C11H11BrN2O2. The predicted molar refractivity (Wildman–Crippen MR) is 64.8 cm³/mol. The molecule has 16 heavy (non-hydrogen) atoms. The summed E-state index contributed by atoms with van der Waals surface area (Å²) >= 11 is 3.44. The molecule has 0 atom stereocenters. The molecule has 4 nitrogen and oxygen atoms in total. The van der Waals surface area contributed by atoms with Crippen molar-refractivity contribution in [2.45, 2.75) is 0 Å². The number of H-pyrrole nitrogens is 1. The van der Waals surface area contributed by atoms with Crippen LogP contribution in [-0.4, -0.2) is 24.2 Å². The summed E-state index contributed by atoms with van der Waals surface area (Å²) in [6, 6.07) is 6.32. The standard InChI is InChI=1S/C11H11BrN2O2/c1-15-10-4-3-7(5-8(10)12)9-6-13-11(14-9)16-2/h3-6H,1-2H3,(H,13,14). The van der Waals surface area contributed by atoms with Crippen molar-refractivity contribution in [2.75, 3.05) is 14.2 Å². The highest BCUT2D eigenvalue weighted by Crippen LogP contribution is 2.30. The molecule has 1 aromatic heterocycles. The highest BCUT2D eigenvalue weighted by molar-refractivity contribution is 9.10. The molecule has 0 amide bonds. The summed E-state index contributed by atoms with van der Waals surface area (Å²) in [5.74, 6) is 0.801. The Morgan fingerprint density at radius 1 is 1.25 bits per heavy atom. The molecule has 0 saturated heterocycles. The number of imidazole rings is 1. The fourth-order valence-corrected chi connectivity index (χ4v) is 1.93. The maximum Gasteiger partial charge on any atom is 0.293 e. The van der Waals surface area contributed by atoms with Gasteiger partial charge in [0.05, 0.1) is 30.6 Å². The summed E-state index contributed by atoms with van der Waals surface area (Å²) in [7, 11) is 3.21. The molecule has 0 bridgehead atoms. The Morgan fingerprint density at radius 2 is 2.06 bits per heavy atom. The topological polar surface area (TPSA) is 47.1 Å². The normalized spacial score (nSPS) is 10.2. The number of aromatic amines is 1. The van der Waals surface area contributed by atoms with E-state index in [2.05, 4.69) is 25.9 Å². The lowest BCUT2D eigenvalue weighted by Crippen LogP contribution is -1.86. The maximum absolute atomic E-state index is 5.16. The molecule has 84 valence electrons. The Balaban J connectivity index is 2.37. The van der Waals surface area contributed by atoms with Gasteiger partial charge in [-0.05, 0) is 34.1 Å². The molecule has 1 aromatic carbocycles. The van der Waals surface area contributed by atoms with Gasteiger partial charge in [-0.1, -0.05) is 0 Å². The van der Waals surface area contributed by atoms with Crippen LogP contribution in [0.2, 0.25) is 0 Å². The Labute approximate surface area is 102 Å². The van der Waals surface area contributed by atoms with E-state index in [1.807, 2.05) is 18.2 Å². The maximum atomic E-state index is 5.16. The minimum absolute atomic E-state index is 0.502. The molecule has 0 unspecified atom stereocenters. The number of nitrogens with zero attached hydrogens (tertiary/aromatic N) is 1. The molecule has 0 aliphatic carbocycles. The molecule has 0 saturated carbocycles. The van der Waals surface area contributed by atoms with Crippen molar-refractivity contribution in [3.63, 3.8) is 0 Å². The molecule has 0 fully saturated rings. The fourth-order valence-electron chi connectivity index (χ4n) is 1.39. The van der Waals surface area contributed by atoms with Crippen molar-refractivity contribution in [3.05, 3.63) is 28.9 Å². The number of nitrogens with one attached hydrogen (secondary N) is 1. The van der Waals surface area contributed by atoms with Crippen LogP contribution >= 0.6 is 15.9 Å². The van der Waals surface area contributed by atoms with E-state index in [0.717, 1.165) is 21.5 Å². The fraction of sp³-hybridized carbons (Fsp3) is 0.182. The van der Waals surface area contributed by atoms with Gasteiger partial charge in [0.15, 0.2) is 0 Å². The summed E-state index contributed by atoms with van der Waals surface area (Å²) in [5, 5.41) is 0. The number of rotatable bonds is 3. The van der Waals surface area contributed by atoms with Gasteiger partial charge in [-0.2, -0.15) is 0 Å². The first-order chi connectivity index (χ1) is 7.74. The van der Waals surface area contributed by atoms with Gasteiger partial charge < -0.3 is 14.5 Å². The molecule has 0 aliphatic heterocycles. The summed E-state index contributed by atoms with van der Waals surface area (Å²) < 4.78 is 11.1. The highest BCUT2D eigenvalue weighted by atomic mass is 79.9. The van der Waals surface area contributed by atoms with E-state index in [0.29, 0.717) is 6.01 Å². The van der Waals surface area contributed by atoms with Crippen LogP contribution in [0, 0.1) is 0 Å². The zero-order chi connectivity index (χ0) is 11.5. The molecule has 1 N–H and O–H groups in total. The van der Waals surface area contributed by atoms with Crippen molar-refractivity contribution < 1.29 is 9.47 Å². The third-order valence-corrected chi connectivity index (χ3v) is 2.83. The average molecular weight is 283 g/mol. The lowest BCUT2D eigenvalue weighted by Gasteiger charge is -2.04. The first-order valence-corrected chi connectivity index (χ1v) is 5.47. The van der Waals surface area contributed by atoms with Crippen molar-refractivity contribution in [1.29, 1.82) is 0 Å². The number of hydrogen-bond donors (Lipinski definition) is 1. The van der Waals surface area contributed by atoms with Crippen molar-refractivity contribution in [1.82, 2.24) is 9.97 Å². The van der Waals surface area contributed by atoms with E-state index in [1.54, 1.807) is 20.4 Å². The number of halogens is 1. The Bertz CT molecular complexity index is 496. The van der Waals surface area contributed by atoms with Crippen LogP contribution in [0.1, 0.15) is 0 Å². The van der Waals surface area contributed by atoms with Gasteiger partial charge in [-0.25, -0.2) is 4.98 Å². The minimum Gasteiger partial charge on any atom is -0.496 e. The SMILES string of the molecule is COc1ncc(-c2ccc(OC)c(Br)c2)[nH]1. The van der Waals surface area contributed by atoms with Crippen LogP contribution in [-0.2, 0) is 0 Å². The molecule has 0 spiro atoms. The van der Waals surface area contributed by atoms with Crippen LogP contribution in [0.15, 0.2) is 28.9 Å². The third kappa shape index (κ3) is 2.04. The first-order valence-electron chi connectivity index (χ1n) is 4.67. The Kier molecular flexibility index (Phi) is 3.14. The highest BCUT2D eigenvalue weighted by Gasteiger charge is 2.06. The van der Waals surface area contributed by atoms with Crippen LogP contribution in [0.5, 0.6) is 11.8 Å². The molecule has 2 rings (SSSR count). The second-order valence-electron chi connectivity index (χ2n) is 3.16. The zero-order valence-electron chi connectivity index (χ0n) is 8.95. The van der Waals surface area contributed by atoms with Crippen LogP contribution in [0.4, 0.5) is 0 Å². The number of aromatic nitrogens is 2. The molecule has 0 radical (unpaired) electrons. The molecular weight excluding hydrogens is 272 g/mol. The average Bonchev–Trinajstić information content (AvgIpc) is 2.77. The van der Waals surface area contributed by atoms with E-state index in [4.69, 9.17) is 9.47 Å². The lowest BCUT2D eigenvalue weighted by molar-refractivity contribution is 0.384. The lowest BCUT2D eigenvalue weighted by atomic mass is 10.2. The van der Waals surface area contributed by atoms with Gasteiger partial charge >= 0.3 is 0 Å². The van der Waals surface area contributed by atoms with Gasteiger partial charge in [0.25, 0.3) is 6.01 Å². The Hall–Kier alpha value is -1.49. The smallest absolute Gasteiger partial charge is 0.293 e. The minimum atomic E-state index is 0.502. The van der Waals surface area contributed by atoms with E-state index >= 15 is 0 Å². The predicted octanol–water partition coefficient (Wildman–Crippen LogP) is 2.86. The third-order valence-electron chi connectivity index (χ3n) is 2.21.